The minimum atomic E-state index is -1.78. The Morgan fingerprint density at radius 3 is 0.933 bits per heavy atom. The van der Waals surface area contributed by atoms with Gasteiger partial charge in [0.2, 0.25) is 0 Å². The van der Waals surface area contributed by atoms with Crippen molar-refractivity contribution in [2.45, 2.75) is 68.1 Å². The van der Waals surface area contributed by atoms with E-state index in [0.717, 1.165) is 0 Å². The Bertz CT molecular complexity index is 736. The Morgan fingerprint density at radius 2 is 0.778 bits per heavy atom. The lowest BCUT2D eigenvalue weighted by molar-refractivity contribution is -0.144. The zero-order valence-corrected chi connectivity index (χ0v) is 28.5. The van der Waals surface area contributed by atoms with Gasteiger partial charge in [-0.15, -0.1) is 0 Å². The van der Waals surface area contributed by atoms with Gasteiger partial charge in [-0.1, -0.05) is 13.8 Å². The lowest BCUT2D eigenvalue weighted by Crippen LogP contribution is -2.61. The first-order valence-electron chi connectivity index (χ1n) is 14.1. The standard InChI is InChI=1S/C15H26O9S3.2C6H14O3/c16-5-14(6-17,7-18)15(9(26)2-12(21)22,10(27)3-13(23)24)4-8(25)1-11(19)20;2*1-2-6(3-7,4-8)5-9/h8-10,16-18,25-27H,1-7H2,(H,19,20)(H,21,22)(H,23,24);2*7-9H,2-5H2,1H3. The second kappa shape index (κ2) is 24.3. The molecule has 12 N–H and O–H groups in total. The number of carbonyl (C=O) groups is 3. The monoisotopic (exact) mass is 714 g/mol. The molecule has 0 aromatic carbocycles. The van der Waals surface area contributed by atoms with Crippen LogP contribution in [-0.2, 0) is 14.4 Å². The molecule has 0 amide bonds. The van der Waals surface area contributed by atoms with Crippen LogP contribution in [0.25, 0.3) is 0 Å². The van der Waals surface area contributed by atoms with Gasteiger partial charge in [-0.3, -0.25) is 14.4 Å². The molecule has 0 aromatic heterocycles. The van der Waals surface area contributed by atoms with E-state index in [1.54, 1.807) is 0 Å². The summed E-state index contributed by atoms with van der Waals surface area (Å²) in [6.45, 7) is 0.209. The smallest absolute Gasteiger partial charge is 0.304 e. The minimum Gasteiger partial charge on any atom is -0.481 e. The van der Waals surface area contributed by atoms with Crippen LogP contribution in [0.5, 0.6) is 0 Å². The van der Waals surface area contributed by atoms with Gasteiger partial charge in [-0.25, -0.2) is 0 Å². The summed E-state index contributed by atoms with van der Waals surface area (Å²) in [5.41, 5.74) is -4.79. The molecule has 45 heavy (non-hydrogen) atoms. The Kier molecular flexibility index (Phi) is 26.2. The van der Waals surface area contributed by atoms with Gasteiger partial charge in [0.15, 0.2) is 0 Å². The summed E-state index contributed by atoms with van der Waals surface area (Å²) in [5, 5.41) is 106. The Balaban J connectivity index is -0.000000793. The Labute approximate surface area is 280 Å². The van der Waals surface area contributed by atoms with E-state index in [1.807, 2.05) is 13.8 Å². The molecule has 18 heteroatoms. The molecule has 0 saturated heterocycles. The molecule has 0 aliphatic rings. The quantitative estimate of drug-likeness (QED) is 0.0560. The average molecular weight is 715 g/mol. The summed E-state index contributed by atoms with van der Waals surface area (Å²) in [5.74, 6) is -3.77. The number of aliphatic hydroxyl groups excluding tert-OH is 9. The van der Waals surface area contributed by atoms with Crippen molar-refractivity contribution in [3.8, 4) is 0 Å². The van der Waals surface area contributed by atoms with Gasteiger partial charge in [-0.2, -0.15) is 37.9 Å². The molecule has 15 nitrogen and oxygen atoms in total. The van der Waals surface area contributed by atoms with Gasteiger partial charge in [0.05, 0.1) is 78.7 Å². The average Bonchev–Trinajstić information content (AvgIpc) is 3.00. The van der Waals surface area contributed by atoms with Crippen LogP contribution in [0.2, 0.25) is 0 Å². The topological polar surface area (TPSA) is 294 Å². The molecule has 270 valence electrons. The molecule has 0 saturated carbocycles. The summed E-state index contributed by atoms with van der Waals surface area (Å²) >= 11 is 12.8. The molecule has 0 aliphatic carbocycles. The highest BCUT2D eigenvalue weighted by Crippen LogP contribution is 2.54. The lowest BCUT2D eigenvalue weighted by Gasteiger charge is -2.55. The van der Waals surface area contributed by atoms with Crippen LogP contribution < -0.4 is 0 Å². The lowest BCUT2D eigenvalue weighted by atomic mass is 9.56. The van der Waals surface area contributed by atoms with E-state index >= 15 is 0 Å². The third-order valence-corrected chi connectivity index (χ3v) is 9.97. The van der Waals surface area contributed by atoms with Crippen LogP contribution in [0.15, 0.2) is 0 Å². The van der Waals surface area contributed by atoms with Crippen LogP contribution in [0.3, 0.4) is 0 Å². The van der Waals surface area contributed by atoms with E-state index in [1.165, 1.54) is 0 Å². The van der Waals surface area contributed by atoms with Crippen LogP contribution >= 0.6 is 37.9 Å². The first-order chi connectivity index (χ1) is 20.9. The van der Waals surface area contributed by atoms with Crippen LogP contribution in [0, 0.1) is 21.7 Å². The van der Waals surface area contributed by atoms with Gasteiger partial charge >= 0.3 is 17.9 Å². The molecular weight excluding hydrogens is 660 g/mol. The van der Waals surface area contributed by atoms with E-state index in [0.29, 0.717) is 12.8 Å². The zero-order chi connectivity index (χ0) is 36.1. The fraction of sp³-hybridized carbons (Fsp3) is 0.889. The SMILES string of the molecule is CCC(CO)(CO)CO.CCC(CO)(CO)CO.O=C(O)CC(S)CC(C(S)CC(=O)O)(C(S)CC(=O)O)C(CO)(CO)CO. The highest BCUT2D eigenvalue weighted by molar-refractivity contribution is 7.82. The molecule has 0 rings (SSSR count). The van der Waals surface area contributed by atoms with E-state index in [2.05, 4.69) is 37.9 Å². The highest BCUT2D eigenvalue weighted by Gasteiger charge is 2.58. The second-order valence-electron chi connectivity index (χ2n) is 11.1. The molecule has 0 heterocycles. The summed E-state index contributed by atoms with van der Waals surface area (Å²) in [6.07, 6.45) is -0.728. The normalized spacial score (nSPS) is 15.3. The molecule has 3 atom stereocenters. The molecular formula is C27H54O15S3. The van der Waals surface area contributed by atoms with Gasteiger partial charge in [-0.05, 0) is 19.3 Å². The minimum absolute atomic E-state index is 0.156. The van der Waals surface area contributed by atoms with Crippen molar-refractivity contribution in [1.29, 1.82) is 0 Å². The number of aliphatic carboxylic acids is 3. The van der Waals surface area contributed by atoms with Crippen molar-refractivity contribution in [1.82, 2.24) is 0 Å². The van der Waals surface area contributed by atoms with Crippen LogP contribution in [0.4, 0.5) is 0 Å². The third-order valence-electron chi connectivity index (χ3n) is 8.32. The van der Waals surface area contributed by atoms with E-state index in [9.17, 15) is 39.9 Å². The van der Waals surface area contributed by atoms with Crippen molar-refractivity contribution >= 4 is 55.8 Å². The molecule has 0 aliphatic heterocycles. The first kappa shape index (κ1) is 48.5. The zero-order valence-electron chi connectivity index (χ0n) is 25.8. The van der Waals surface area contributed by atoms with E-state index < -0.39 is 94.4 Å². The maximum Gasteiger partial charge on any atom is 0.304 e. The molecule has 0 spiro atoms. The summed E-state index contributed by atoms with van der Waals surface area (Å²) in [7, 11) is 0. The van der Waals surface area contributed by atoms with Crippen molar-refractivity contribution in [3.63, 3.8) is 0 Å². The van der Waals surface area contributed by atoms with Crippen molar-refractivity contribution in [3.05, 3.63) is 0 Å². The third kappa shape index (κ3) is 14.8. The highest BCUT2D eigenvalue weighted by atomic mass is 32.1. The van der Waals surface area contributed by atoms with Gasteiger partial charge in [0, 0.05) is 37.4 Å². The van der Waals surface area contributed by atoms with Crippen molar-refractivity contribution in [2.24, 2.45) is 21.7 Å². The fourth-order valence-corrected chi connectivity index (χ4v) is 6.35. The number of aliphatic hydroxyl groups is 9. The maximum absolute atomic E-state index is 11.3. The number of carboxylic acid groups (broad SMARTS) is 3. The molecule has 0 aromatic rings. The van der Waals surface area contributed by atoms with Crippen LogP contribution in [-0.4, -0.2) is 154 Å². The van der Waals surface area contributed by atoms with Gasteiger partial charge in [0.25, 0.3) is 0 Å². The van der Waals surface area contributed by atoms with Gasteiger partial charge < -0.3 is 61.3 Å². The van der Waals surface area contributed by atoms with Crippen molar-refractivity contribution in [2.75, 3.05) is 59.5 Å². The van der Waals surface area contributed by atoms with E-state index in [4.69, 9.17) is 35.7 Å². The summed E-state index contributed by atoms with van der Waals surface area (Å²) < 4.78 is 0. The van der Waals surface area contributed by atoms with Gasteiger partial charge in [0.1, 0.15) is 0 Å². The molecule has 0 bridgehead atoms. The predicted octanol–water partition coefficient (Wildman–Crippen LogP) is -1.64. The second-order valence-corrected chi connectivity index (χ2v) is 13.1. The van der Waals surface area contributed by atoms with E-state index in [-0.39, 0.29) is 46.1 Å². The fourth-order valence-electron chi connectivity index (χ4n) is 4.34. The first-order valence-corrected chi connectivity index (χ1v) is 15.6. The summed E-state index contributed by atoms with van der Waals surface area (Å²) in [4.78, 5) is 33.6. The number of rotatable bonds is 22. The van der Waals surface area contributed by atoms with Crippen LogP contribution in [0.1, 0.15) is 52.4 Å². The summed E-state index contributed by atoms with van der Waals surface area (Å²) in [6, 6.07) is 0. The molecule has 0 radical (unpaired) electrons. The number of hydrogen-bond acceptors (Lipinski definition) is 15. The Morgan fingerprint density at radius 1 is 0.511 bits per heavy atom. The van der Waals surface area contributed by atoms with Crippen molar-refractivity contribution < 1.29 is 75.7 Å². The maximum atomic E-state index is 11.3. The number of carboxylic acids is 3. The predicted molar refractivity (Wildman–Crippen MR) is 174 cm³/mol. The molecule has 0 fully saturated rings. The number of thiol groups is 3. The number of hydrogen-bond donors (Lipinski definition) is 15. The molecule has 3 unspecified atom stereocenters. The largest absolute Gasteiger partial charge is 0.481 e. The Hall–Kier alpha value is -0.900.